The van der Waals surface area contributed by atoms with Crippen LogP contribution in [0, 0.1) is 11.2 Å². The highest BCUT2D eigenvalue weighted by atomic mass is 19.1. The number of halogens is 1. The number of carbonyl (C=O) groups is 2. The molecule has 0 aliphatic carbocycles. The molecule has 1 atom stereocenters. The highest BCUT2D eigenvalue weighted by molar-refractivity contribution is 5.96. The molecule has 1 rings (SSSR count). The highest BCUT2D eigenvalue weighted by Crippen LogP contribution is 2.21. The lowest BCUT2D eigenvalue weighted by Crippen LogP contribution is -2.33. The lowest BCUT2D eigenvalue weighted by molar-refractivity contribution is 0.0695. The predicted octanol–water partition coefficient (Wildman–Crippen LogP) is 3.47. The van der Waals surface area contributed by atoms with E-state index in [0.29, 0.717) is 0 Å². The number of carboxylic acids is 1. The monoisotopic (exact) mass is 295 g/mol. The minimum Gasteiger partial charge on any atom is -0.478 e. The van der Waals surface area contributed by atoms with Gasteiger partial charge in [-0.3, -0.25) is 4.79 Å². The smallest absolute Gasteiger partial charge is 0.335 e. The minimum atomic E-state index is -1.22. The van der Waals surface area contributed by atoms with Crippen LogP contribution in [0.25, 0.3) is 0 Å². The van der Waals surface area contributed by atoms with Crippen LogP contribution >= 0.6 is 0 Å². The number of rotatable bonds is 5. The third-order valence-corrected chi connectivity index (χ3v) is 3.17. The molecule has 0 fully saturated rings. The van der Waals surface area contributed by atoms with Crippen LogP contribution in [0.5, 0.6) is 0 Å². The van der Waals surface area contributed by atoms with Gasteiger partial charge in [0.25, 0.3) is 5.91 Å². The first-order chi connectivity index (χ1) is 9.60. The third-order valence-electron chi connectivity index (χ3n) is 3.17. The number of amides is 1. The Bertz CT molecular complexity index is 535. The molecule has 0 radical (unpaired) electrons. The zero-order valence-corrected chi connectivity index (χ0v) is 12.9. The summed E-state index contributed by atoms with van der Waals surface area (Å²) in [5, 5.41) is 11.5. The second kappa shape index (κ2) is 6.70. The molecule has 21 heavy (non-hydrogen) atoms. The Balaban J connectivity index is 2.69. The number of benzene rings is 1. The quantitative estimate of drug-likeness (QED) is 0.874. The van der Waals surface area contributed by atoms with Crippen LogP contribution in [0.1, 0.15) is 61.3 Å². The second-order valence-corrected chi connectivity index (χ2v) is 6.47. The van der Waals surface area contributed by atoms with Crippen molar-refractivity contribution in [2.45, 2.75) is 46.6 Å². The fourth-order valence-corrected chi connectivity index (χ4v) is 1.86. The van der Waals surface area contributed by atoms with Gasteiger partial charge < -0.3 is 10.4 Å². The molecule has 4 nitrogen and oxygen atoms in total. The van der Waals surface area contributed by atoms with Crippen molar-refractivity contribution in [3.05, 3.63) is 35.1 Å². The van der Waals surface area contributed by atoms with Gasteiger partial charge in [-0.15, -0.1) is 0 Å². The zero-order chi connectivity index (χ0) is 16.2. The lowest BCUT2D eigenvalue weighted by atomic mass is 9.89. The van der Waals surface area contributed by atoms with E-state index in [4.69, 9.17) is 5.11 Å². The van der Waals surface area contributed by atoms with E-state index in [2.05, 4.69) is 26.1 Å². The fourth-order valence-electron chi connectivity index (χ4n) is 1.86. The molecule has 0 saturated heterocycles. The van der Waals surface area contributed by atoms with Crippen molar-refractivity contribution < 1.29 is 19.1 Å². The first-order valence-electron chi connectivity index (χ1n) is 6.94. The minimum absolute atomic E-state index is 0.0738. The summed E-state index contributed by atoms with van der Waals surface area (Å²) in [5.41, 5.74) is -0.139. The van der Waals surface area contributed by atoms with E-state index in [1.165, 1.54) is 12.1 Å². The molecule has 2 N–H and O–H groups in total. The van der Waals surface area contributed by atoms with Crippen LogP contribution in [-0.2, 0) is 0 Å². The summed E-state index contributed by atoms with van der Waals surface area (Å²) < 4.78 is 13.8. The number of nitrogens with one attached hydrogen (secondary N) is 1. The number of carbonyl (C=O) groups excluding carboxylic acids is 1. The van der Waals surface area contributed by atoms with Gasteiger partial charge in [0.2, 0.25) is 0 Å². The summed E-state index contributed by atoms with van der Waals surface area (Å²) in [4.78, 5) is 22.7. The van der Waals surface area contributed by atoms with Gasteiger partial charge >= 0.3 is 5.97 Å². The normalized spacial score (nSPS) is 12.8. The molecular weight excluding hydrogens is 273 g/mol. The van der Waals surface area contributed by atoms with Gasteiger partial charge in [-0.1, -0.05) is 20.8 Å². The Hall–Kier alpha value is -1.91. The summed E-state index contributed by atoms with van der Waals surface area (Å²) in [5.74, 6) is -2.57. The molecule has 1 aromatic rings. The molecule has 0 saturated carbocycles. The Kier molecular flexibility index (Phi) is 5.47. The van der Waals surface area contributed by atoms with E-state index in [-0.39, 0.29) is 22.6 Å². The van der Waals surface area contributed by atoms with Gasteiger partial charge in [0, 0.05) is 6.04 Å². The van der Waals surface area contributed by atoms with E-state index in [0.717, 1.165) is 18.9 Å². The van der Waals surface area contributed by atoms with E-state index in [1.54, 1.807) is 0 Å². The highest BCUT2D eigenvalue weighted by Gasteiger charge is 2.18. The first-order valence-corrected chi connectivity index (χ1v) is 6.94. The molecule has 1 unspecified atom stereocenters. The topological polar surface area (TPSA) is 66.4 Å². The standard InChI is InChI=1S/C16H22FNO3/c1-10(7-8-16(2,3)4)18-14(19)12-6-5-11(15(20)21)9-13(12)17/h5-6,9-10H,7-8H2,1-4H3,(H,18,19)(H,20,21). The first kappa shape index (κ1) is 17.1. The summed E-state index contributed by atoms with van der Waals surface area (Å²) >= 11 is 0. The van der Waals surface area contributed by atoms with Gasteiger partial charge in [0.15, 0.2) is 0 Å². The molecule has 0 aromatic heterocycles. The van der Waals surface area contributed by atoms with Crippen LogP contribution < -0.4 is 5.32 Å². The SMILES string of the molecule is CC(CCC(C)(C)C)NC(=O)c1ccc(C(=O)O)cc1F. The molecule has 116 valence electrons. The maximum Gasteiger partial charge on any atom is 0.335 e. The van der Waals surface area contributed by atoms with Crippen LogP contribution in [0.2, 0.25) is 0 Å². The van der Waals surface area contributed by atoms with Crippen LogP contribution in [-0.4, -0.2) is 23.0 Å². The van der Waals surface area contributed by atoms with Gasteiger partial charge in [0.05, 0.1) is 11.1 Å². The fraction of sp³-hybridized carbons (Fsp3) is 0.500. The molecule has 1 aromatic carbocycles. The van der Waals surface area contributed by atoms with Gasteiger partial charge in [-0.2, -0.15) is 0 Å². The van der Waals surface area contributed by atoms with Crippen molar-refractivity contribution in [2.75, 3.05) is 0 Å². The van der Waals surface area contributed by atoms with E-state index in [9.17, 15) is 14.0 Å². The molecule has 0 bridgehead atoms. The Labute approximate surface area is 124 Å². The summed E-state index contributed by atoms with van der Waals surface area (Å²) in [6.07, 6.45) is 1.74. The summed E-state index contributed by atoms with van der Waals surface area (Å²) in [7, 11) is 0. The number of hydrogen-bond donors (Lipinski definition) is 2. The number of carboxylic acid groups (broad SMARTS) is 1. The molecule has 0 spiro atoms. The Morgan fingerprint density at radius 3 is 2.43 bits per heavy atom. The summed E-state index contributed by atoms with van der Waals surface area (Å²) in [6, 6.07) is 3.21. The summed E-state index contributed by atoms with van der Waals surface area (Å²) in [6.45, 7) is 8.22. The van der Waals surface area contributed by atoms with Crippen LogP contribution in [0.3, 0.4) is 0 Å². The number of aromatic carboxylic acids is 1. The van der Waals surface area contributed by atoms with Crippen LogP contribution in [0.4, 0.5) is 4.39 Å². The zero-order valence-electron chi connectivity index (χ0n) is 12.9. The van der Waals surface area contributed by atoms with Gasteiger partial charge in [-0.05, 0) is 43.4 Å². The van der Waals surface area contributed by atoms with Crippen LogP contribution in [0.15, 0.2) is 18.2 Å². The third kappa shape index (κ3) is 5.53. The maximum absolute atomic E-state index is 13.8. The molecule has 0 aliphatic rings. The van der Waals surface area contributed by atoms with Crippen molar-refractivity contribution in [1.29, 1.82) is 0 Å². The average Bonchev–Trinajstić information content (AvgIpc) is 2.35. The van der Waals surface area contributed by atoms with E-state index < -0.39 is 17.7 Å². The van der Waals surface area contributed by atoms with Crippen molar-refractivity contribution in [3.63, 3.8) is 0 Å². The average molecular weight is 295 g/mol. The number of hydrogen-bond acceptors (Lipinski definition) is 2. The lowest BCUT2D eigenvalue weighted by Gasteiger charge is -2.21. The molecule has 0 heterocycles. The van der Waals surface area contributed by atoms with Crippen molar-refractivity contribution in [2.24, 2.45) is 5.41 Å². The van der Waals surface area contributed by atoms with Crippen molar-refractivity contribution in [1.82, 2.24) is 5.32 Å². The van der Waals surface area contributed by atoms with Crippen molar-refractivity contribution in [3.8, 4) is 0 Å². The molecular formula is C16H22FNO3. The Morgan fingerprint density at radius 2 is 1.95 bits per heavy atom. The molecule has 0 aliphatic heterocycles. The predicted molar refractivity (Wildman–Crippen MR) is 79.0 cm³/mol. The van der Waals surface area contributed by atoms with Gasteiger partial charge in [-0.25, -0.2) is 9.18 Å². The van der Waals surface area contributed by atoms with Crippen molar-refractivity contribution >= 4 is 11.9 Å². The van der Waals surface area contributed by atoms with Gasteiger partial charge in [0.1, 0.15) is 5.82 Å². The second-order valence-electron chi connectivity index (χ2n) is 6.47. The molecule has 1 amide bonds. The largest absolute Gasteiger partial charge is 0.478 e. The molecule has 5 heteroatoms. The van der Waals surface area contributed by atoms with E-state index in [1.807, 2.05) is 6.92 Å². The van der Waals surface area contributed by atoms with E-state index >= 15 is 0 Å². The maximum atomic E-state index is 13.8. The Morgan fingerprint density at radius 1 is 1.33 bits per heavy atom.